The Morgan fingerprint density at radius 2 is 1.43 bits per heavy atom. The third-order valence-corrected chi connectivity index (χ3v) is 7.90. The van der Waals surface area contributed by atoms with E-state index < -0.39 is 15.9 Å². The van der Waals surface area contributed by atoms with Gasteiger partial charge in [0.15, 0.2) is 0 Å². The lowest BCUT2D eigenvalue weighted by Crippen LogP contribution is -2.40. The summed E-state index contributed by atoms with van der Waals surface area (Å²) >= 11 is 0. The van der Waals surface area contributed by atoms with Gasteiger partial charge in [-0.05, 0) is 71.6 Å². The highest BCUT2D eigenvalue weighted by Gasteiger charge is 2.26. The average molecular weight is 558 g/mol. The fraction of sp³-hybridized carbons (Fsp3) is 0.161. The van der Waals surface area contributed by atoms with Crippen molar-refractivity contribution >= 4 is 22.1 Å². The molecule has 0 aliphatic heterocycles. The van der Waals surface area contributed by atoms with Crippen molar-refractivity contribution in [1.29, 1.82) is 0 Å². The number of carbonyl (C=O) groups excluding carboxylic acids is 1. The Morgan fingerprint density at radius 1 is 0.825 bits per heavy atom. The number of hydrogen-bond donors (Lipinski definition) is 1. The number of ether oxygens (including phenoxy) is 2. The standard InChI is InChI=1S/C31H31N3O5S/c1-38-28-16-18-30(19-17-28)40(36,37)34(21-20-25-8-4-2-5-9-25)23-31(35)33-32-22-26-12-14-29(15-13-26)39-24-27-10-6-3-7-11-27/h2-19,22H,20-21,23-24H2,1H3,(H,33,35)/b32-22-. The molecule has 8 nitrogen and oxygen atoms in total. The highest BCUT2D eigenvalue weighted by molar-refractivity contribution is 7.89. The highest BCUT2D eigenvalue weighted by Crippen LogP contribution is 2.20. The first-order valence-corrected chi connectivity index (χ1v) is 14.1. The summed E-state index contributed by atoms with van der Waals surface area (Å²) in [6.07, 6.45) is 1.94. The van der Waals surface area contributed by atoms with Crippen molar-refractivity contribution in [3.05, 3.63) is 126 Å². The van der Waals surface area contributed by atoms with E-state index in [0.717, 1.165) is 21.0 Å². The molecule has 1 N–H and O–H groups in total. The largest absolute Gasteiger partial charge is 0.497 e. The third kappa shape index (κ3) is 8.26. The summed E-state index contributed by atoms with van der Waals surface area (Å²) in [4.78, 5) is 12.8. The topological polar surface area (TPSA) is 97.3 Å². The van der Waals surface area contributed by atoms with Gasteiger partial charge in [0.25, 0.3) is 5.91 Å². The minimum absolute atomic E-state index is 0.0761. The monoisotopic (exact) mass is 557 g/mol. The van der Waals surface area contributed by atoms with Crippen LogP contribution in [0.5, 0.6) is 11.5 Å². The number of rotatable bonds is 13. The van der Waals surface area contributed by atoms with E-state index in [1.54, 1.807) is 12.1 Å². The first-order chi connectivity index (χ1) is 19.4. The molecule has 40 heavy (non-hydrogen) atoms. The zero-order valence-electron chi connectivity index (χ0n) is 22.1. The Bertz CT molecular complexity index is 1490. The minimum atomic E-state index is -3.95. The van der Waals surface area contributed by atoms with Crippen molar-refractivity contribution in [3.8, 4) is 11.5 Å². The smallest absolute Gasteiger partial charge is 0.255 e. The predicted octanol–water partition coefficient (Wildman–Crippen LogP) is 4.66. The van der Waals surface area contributed by atoms with Gasteiger partial charge >= 0.3 is 0 Å². The van der Waals surface area contributed by atoms with Crippen molar-refractivity contribution in [2.45, 2.75) is 17.9 Å². The van der Waals surface area contributed by atoms with Crippen LogP contribution in [0.1, 0.15) is 16.7 Å². The molecule has 4 aromatic carbocycles. The summed E-state index contributed by atoms with van der Waals surface area (Å²) in [6, 6.07) is 32.7. The fourth-order valence-electron chi connectivity index (χ4n) is 3.84. The van der Waals surface area contributed by atoms with Gasteiger partial charge in [0.1, 0.15) is 18.1 Å². The zero-order chi connectivity index (χ0) is 28.2. The zero-order valence-corrected chi connectivity index (χ0v) is 23.0. The molecule has 4 rings (SSSR count). The summed E-state index contributed by atoms with van der Waals surface area (Å²) in [5.74, 6) is 0.699. The van der Waals surface area contributed by atoms with E-state index in [9.17, 15) is 13.2 Å². The molecular weight excluding hydrogens is 526 g/mol. The predicted molar refractivity (Wildman–Crippen MR) is 155 cm³/mol. The van der Waals surface area contributed by atoms with Crippen molar-refractivity contribution in [2.24, 2.45) is 5.10 Å². The van der Waals surface area contributed by atoms with Crippen LogP contribution in [0.3, 0.4) is 0 Å². The minimum Gasteiger partial charge on any atom is -0.497 e. The van der Waals surface area contributed by atoms with E-state index in [1.807, 2.05) is 84.9 Å². The molecule has 0 aliphatic carbocycles. The molecule has 0 spiro atoms. The normalized spacial score (nSPS) is 11.4. The second kappa shape index (κ2) is 14.1. The SMILES string of the molecule is COc1ccc(S(=O)(=O)N(CCc2ccccc2)CC(=O)N/N=C\c2ccc(OCc3ccccc3)cc2)cc1. The summed E-state index contributed by atoms with van der Waals surface area (Å²) in [7, 11) is -2.44. The Kier molecular flexibility index (Phi) is 10.0. The van der Waals surface area contributed by atoms with E-state index in [0.29, 0.717) is 24.5 Å². The van der Waals surface area contributed by atoms with Crippen molar-refractivity contribution in [2.75, 3.05) is 20.2 Å². The van der Waals surface area contributed by atoms with Crippen LogP contribution in [-0.4, -0.2) is 45.0 Å². The van der Waals surface area contributed by atoms with Crippen LogP contribution in [0, 0.1) is 0 Å². The van der Waals surface area contributed by atoms with Crippen LogP contribution in [0.4, 0.5) is 0 Å². The maximum Gasteiger partial charge on any atom is 0.255 e. The van der Waals surface area contributed by atoms with Gasteiger partial charge in [0.2, 0.25) is 10.0 Å². The molecule has 4 aromatic rings. The first-order valence-electron chi connectivity index (χ1n) is 12.7. The summed E-state index contributed by atoms with van der Waals surface area (Å²) in [6.45, 7) is 0.204. The van der Waals surface area contributed by atoms with Crippen LogP contribution in [0.15, 0.2) is 119 Å². The molecule has 206 valence electrons. The first kappa shape index (κ1) is 28.5. The molecule has 0 fully saturated rings. The fourth-order valence-corrected chi connectivity index (χ4v) is 5.24. The molecule has 0 radical (unpaired) electrons. The molecule has 9 heteroatoms. The van der Waals surface area contributed by atoms with Gasteiger partial charge in [0, 0.05) is 6.54 Å². The maximum atomic E-state index is 13.4. The maximum absolute atomic E-state index is 13.4. The molecule has 0 aliphatic rings. The van der Waals surface area contributed by atoms with Crippen LogP contribution in [-0.2, 0) is 27.8 Å². The van der Waals surface area contributed by atoms with Crippen LogP contribution in [0.25, 0.3) is 0 Å². The van der Waals surface area contributed by atoms with Crippen LogP contribution < -0.4 is 14.9 Å². The van der Waals surface area contributed by atoms with Crippen LogP contribution >= 0.6 is 0 Å². The molecule has 1 amide bonds. The van der Waals surface area contributed by atoms with Gasteiger partial charge in [-0.25, -0.2) is 13.8 Å². The van der Waals surface area contributed by atoms with Crippen molar-refractivity contribution in [3.63, 3.8) is 0 Å². The molecule has 0 unspecified atom stereocenters. The van der Waals surface area contributed by atoms with E-state index >= 15 is 0 Å². The highest BCUT2D eigenvalue weighted by atomic mass is 32.2. The van der Waals surface area contributed by atoms with Gasteiger partial charge in [-0.3, -0.25) is 4.79 Å². The molecular formula is C31H31N3O5S. The quantitative estimate of drug-likeness (QED) is 0.191. The average Bonchev–Trinajstić information content (AvgIpc) is 3.00. The molecule has 0 aromatic heterocycles. The van der Waals surface area contributed by atoms with Gasteiger partial charge in [-0.2, -0.15) is 9.41 Å². The second-order valence-corrected chi connectivity index (χ2v) is 10.8. The van der Waals surface area contributed by atoms with Crippen molar-refractivity contribution < 1.29 is 22.7 Å². The van der Waals surface area contributed by atoms with E-state index in [2.05, 4.69) is 10.5 Å². The molecule has 0 saturated carbocycles. The number of benzene rings is 4. The lowest BCUT2D eigenvalue weighted by Gasteiger charge is -2.21. The summed E-state index contributed by atoms with van der Waals surface area (Å²) < 4.78 is 38.9. The van der Waals surface area contributed by atoms with Gasteiger partial charge < -0.3 is 9.47 Å². The number of amides is 1. The van der Waals surface area contributed by atoms with Gasteiger partial charge in [0.05, 0.1) is 24.8 Å². The van der Waals surface area contributed by atoms with E-state index in [1.165, 1.54) is 25.5 Å². The molecule has 0 bridgehead atoms. The number of nitrogens with one attached hydrogen (secondary N) is 1. The van der Waals surface area contributed by atoms with Crippen LogP contribution in [0.2, 0.25) is 0 Å². The van der Waals surface area contributed by atoms with Gasteiger partial charge in [-0.15, -0.1) is 0 Å². The number of sulfonamides is 1. The summed E-state index contributed by atoms with van der Waals surface area (Å²) in [5.41, 5.74) is 5.22. The summed E-state index contributed by atoms with van der Waals surface area (Å²) in [5, 5.41) is 4.01. The lowest BCUT2D eigenvalue weighted by atomic mass is 10.1. The Hall–Kier alpha value is -4.47. The lowest BCUT2D eigenvalue weighted by molar-refractivity contribution is -0.121. The molecule has 0 saturated heterocycles. The second-order valence-electron chi connectivity index (χ2n) is 8.89. The van der Waals surface area contributed by atoms with Gasteiger partial charge in [-0.1, -0.05) is 60.7 Å². The Labute approximate surface area is 234 Å². The Balaban J connectivity index is 1.37. The van der Waals surface area contributed by atoms with Crippen molar-refractivity contribution in [1.82, 2.24) is 9.73 Å². The third-order valence-electron chi connectivity index (χ3n) is 6.04. The number of nitrogens with zero attached hydrogens (tertiary/aromatic N) is 2. The molecule has 0 heterocycles. The van der Waals surface area contributed by atoms with E-state index in [4.69, 9.17) is 9.47 Å². The number of carbonyl (C=O) groups is 1. The van der Waals surface area contributed by atoms with E-state index in [-0.39, 0.29) is 18.0 Å². The molecule has 0 atom stereocenters. The number of hydrogen-bond acceptors (Lipinski definition) is 6. The number of methoxy groups -OCH3 is 1. The Morgan fingerprint density at radius 3 is 2.05 bits per heavy atom. The number of hydrazone groups is 1.